The highest BCUT2D eigenvalue weighted by Gasteiger charge is 2.11. The Morgan fingerprint density at radius 2 is 1.93 bits per heavy atom. The summed E-state index contributed by atoms with van der Waals surface area (Å²) in [4.78, 5) is 10.5. The van der Waals surface area contributed by atoms with Crippen molar-refractivity contribution >= 4 is 5.97 Å². The minimum Gasteiger partial charge on any atom is -0.481 e. The van der Waals surface area contributed by atoms with Crippen molar-refractivity contribution in [2.75, 3.05) is 13.6 Å². The summed E-state index contributed by atoms with van der Waals surface area (Å²) in [5.41, 5.74) is 0. The molecule has 94 valence electrons. The average molecular weight is 221 g/mol. The molecule has 0 aliphatic carbocycles. The van der Waals surface area contributed by atoms with Gasteiger partial charge in [0, 0.05) is 6.42 Å². The third kappa shape index (κ3) is 13.3. The molecule has 0 aromatic rings. The van der Waals surface area contributed by atoms with E-state index >= 15 is 0 Å². The molecular weight excluding hydrogens is 194 g/mol. The lowest BCUT2D eigenvalue weighted by molar-refractivity contribution is -0.138. The molecule has 0 saturated carbocycles. The maximum absolute atomic E-state index is 10.5. The first-order valence-electron chi connectivity index (χ1n) is 5.07. The van der Waals surface area contributed by atoms with Gasteiger partial charge in [-0.25, -0.2) is 0 Å². The van der Waals surface area contributed by atoms with E-state index in [1.807, 2.05) is 7.05 Å². The Kier molecular flexibility index (Phi) is 17.7. The number of carboxylic acid groups (broad SMARTS) is 1. The summed E-state index contributed by atoms with van der Waals surface area (Å²) >= 11 is 0. The number of nitrogens with one attached hydrogen (secondary N) is 1. The molecule has 0 fully saturated rings. The van der Waals surface area contributed by atoms with Crippen LogP contribution in [-0.4, -0.2) is 24.7 Å². The summed E-state index contributed by atoms with van der Waals surface area (Å²) in [6.45, 7) is 3.09. The average Bonchev–Trinajstić information content (AvgIpc) is 2.04. The lowest BCUT2D eigenvalue weighted by atomic mass is 9.94. The molecule has 0 bridgehead atoms. The van der Waals surface area contributed by atoms with E-state index < -0.39 is 5.97 Å². The van der Waals surface area contributed by atoms with Crippen molar-refractivity contribution in [2.45, 2.75) is 39.0 Å². The quantitative estimate of drug-likeness (QED) is 0.468. The highest BCUT2D eigenvalue weighted by molar-refractivity contribution is 5.66. The molecule has 0 aliphatic rings. The van der Waals surface area contributed by atoms with E-state index in [4.69, 9.17) is 5.11 Å². The van der Waals surface area contributed by atoms with Gasteiger partial charge in [-0.2, -0.15) is 0 Å². The molecule has 0 heterocycles. The van der Waals surface area contributed by atoms with Gasteiger partial charge >= 0.3 is 5.97 Å². The maximum atomic E-state index is 10.5. The summed E-state index contributed by atoms with van der Waals surface area (Å²) in [7, 11) is 1.92. The number of rotatable bonds is 8. The second-order valence-corrected chi connectivity index (χ2v) is 3.50. The fourth-order valence-electron chi connectivity index (χ4n) is 1.57. The minimum atomic E-state index is -0.664. The normalized spacial score (nSPS) is 11.1. The number of hydrogen-bond donors (Lipinski definition) is 4. The van der Waals surface area contributed by atoms with Crippen molar-refractivity contribution in [3.05, 3.63) is 0 Å². The van der Waals surface area contributed by atoms with Crippen molar-refractivity contribution in [3.8, 4) is 0 Å². The molecule has 8 N–H and O–H groups in total. The van der Waals surface area contributed by atoms with Crippen molar-refractivity contribution in [3.63, 3.8) is 0 Å². The zero-order valence-corrected chi connectivity index (χ0v) is 10.1. The predicted octanol–water partition coefficient (Wildman–Crippen LogP) is 2.20. The third-order valence-electron chi connectivity index (χ3n) is 2.20. The fourth-order valence-corrected chi connectivity index (χ4v) is 1.57. The van der Waals surface area contributed by atoms with Gasteiger partial charge in [0.05, 0.1) is 0 Å². The van der Waals surface area contributed by atoms with Crippen molar-refractivity contribution in [2.24, 2.45) is 5.92 Å². The Morgan fingerprint density at radius 3 is 2.33 bits per heavy atom. The van der Waals surface area contributed by atoms with Crippen LogP contribution in [0.15, 0.2) is 0 Å². The Bertz CT molecular complexity index is 143. The Morgan fingerprint density at radius 1 is 1.33 bits per heavy atom. The number of carbonyl (C=O) groups is 1. The molecule has 0 rings (SSSR count). The molecule has 5 nitrogen and oxygen atoms in total. The molecule has 15 heavy (non-hydrogen) atoms. The van der Waals surface area contributed by atoms with Gasteiger partial charge in [-0.3, -0.25) is 4.79 Å². The second kappa shape index (κ2) is 13.4. The van der Waals surface area contributed by atoms with Gasteiger partial charge < -0.3 is 22.7 Å². The van der Waals surface area contributed by atoms with Crippen LogP contribution in [0.1, 0.15) is 39.0 Å². The number of aliphatic carboxylic acids is 1. The van der Waals surface area contributed by atoms with E-state index in [9.17, 15) is 4.79 Å². The van der Waals surface area contributed by atoms with Gasteiger partial charge in [0.1, 0.15) is 0 Å². The van der Waals surface area contributed by atoms with Crippen LogP contribution in [0.25, 0.3) is 0 Å². The number of carboxylic acids is 1. The van der Waals surface area contributed by atoms with E-state index in [1.165, 1.54) is 0 Å². The van der Waals surface area contributed by atoms with Crippen LogP contribution >= 0.6 is 0 Å². The molecule has 1 atom stereocenters. The summed E-state index contributed by atoms with van der Waals surface area (Å²) in [5.74, 6) is -0.293. The van der Waals surface area contributed by atoms with Gasteiger partial charge in [0.2, 0.25) is 0 Å². The van der Waals surface area contributed by atoms with E-state index in [2.05, 4.69) is 12.2 Å². The zero-order valence-electron chi connectivity index (χ0n) is 10.1. The Hall–Kier alpha value is -0.650. The van der Waals surface area contributed by atoms with Crippen molar-refractivity contribution < 1.29 is 9.90 Å². The molecule has 0 amide bonds. The summed E-state index contributed by atoms with van der Waals surface area (Å²) in [6, 6.07) is 0. The molecule has 5 heteroatoms. The van der Waals surface area contributed by atoms with Gasteiger partial charge in [0.25, 0.3) is 0 Å². The molecular formula is C10H27N3O2. The first-order chi connectivity index (χ1) is 6.20. The highest BCUT2D eigenvalue weighted by Crippen LogP contribution is 2.17. The molecule has 0 aromatic heterocycles. The molecule has 0 spiro atoms. The molecule has 1 unspecified atom stereocenters. The number of hydrogen-bond acceptors (Lipinski definition) is 4. The van der Waals surface area contributed by atoms with Crippen LogP contribution in [-0.2, 0) is 4.79 Å². The van der Waals surface area contributed by atoms with Crippen LogP contribution in [0.3, 0.4) is 0 Å². The van der Waals surface area contributed by atoms with Crippen molar-refractivity contribution in [1.82, 2.24) is 17.6 Å². The lowest BCUT2D eigenvalue weighted by Crippen LogP contribution is -2.12. The van der Waals surface area contributed by atoms with Crippen LogP contribution in [0.2, 0.25) is 0 Å². The highest BCUT2D eigenvalue weighted by atomic mass is 16.4. The van der Waals surface area contributed by atoms with E-state index in [1.54, 1.807) is 0 Å². The van der Waals surface area contributed by atoms with Gasteiger partial charge in [-0.1, -0.05) is 19.8 Å². The molecule has 0 radical (unpaired) electrons. The molecule has 0 aliphatic heterocycles. The molecule has 0 aromatic carbocycles. The zero-order chi connectivity index (χ0) is 10.1. The summed E-state index contributed by atoms with van der Waals surface area (Å²) in [5, 5.41) is 11.7. The van der Waals surface area contributed by atoms with E-state index in [0.29, 0.717) is 12.3 Å². The second-order valence-electron chi connectivity index (χ2n) is 3.50. The standard InChI is InChI=1S/C10H21NO2.2H3N/c1-3-5-9(8-10(12)13)6-4-7-11-2;;/h9,11H,3-8H2,1-2H3,(H,12,13);2*1H3. The van der Waals surface area contributed by atoms with Gasteiger partial charge in [-0.05, 0) is 32.4 Å². The SMILES string of the molecule is CCCC(CCCNC)CC(=O)O.N.N. The third-order valence-corrected chi connectivity index (χ3v) is 2.20. The maximum Gasteiger partial charge on any atom is 0.303 e. The van der Waals surface area contributed by atoms with E-state index in [0.717, 1.165) is 32.2 Å². The smallest absolute Gasteiger partial charge is 0.303 e. The van der Waals surface area contributed by atoms with Crippen LogP contribution in [0.4, 0.5) is 0 Å². The van der Waals surface area contributed by atoms with Gasteiger partial charge in [-0.15, -0.1) is 0 Å². The van der Waals surface area contributed by atoms with E-state index in [-0.39, 0.29) is 12.3 Å². The first-order valence-corrected chi connectivity index (χ1v) is 5.07. The molecule has 0 saturated heterocycles. The summed E-state index contributed by atoms with van der Waals surface area (Å²) < 4.78 is 0. The van der Waals surface area contributed by atoms with Crippen molar-refractivity contribution in [1.29, 1.82) is 0 Å². The Balaban J connectivity index is -0.000000720. The summed E-state index contributed by atoms with van der Waals surface area (Å²) in [6.07, 6.45) is 4.56. The first kappa shape index (κ1) is 19.9. The van der Waals surface area contributed by atoms with Gasteiger partial charge in [0.15, 0.2) is 0 Å². The topological polar surface area (TPSA) is 119 Å². The van der Waals surface area contributed by atoms with Crippen LogP contribution in [0.5, 0.6) is 0 Å². The monoisotopic (exact) mass is 221 g/mol. The lowest BCUT2D eigenvalue weighted by Gasteiger charge is -2.12. The van der Waals surface area contributed by atoms with Crippen LogP contribution < -0.4 is 17.6 Å². The largest absolute Gasteiger partial charge is 0.481 e. The predicted molar refractivity (Wildman–Crippen MR) is 63.9 cm³/mol. The minimum absolute atomic E-state index is 0. The van der Waals surface area contributed by atoms with Crippen LogP contribution in [0, 0.1) is 5.92 Å². The fraction of sp³-hybridized carbons (Fsp3) is 0.900. The Labute approximate surface area is 92.8 Å².